The minimum atomic E-state index is 0.888. The van der Waals surface area contributed by atoms with Gasteiger partial charge in [0.2, 0.25) is 0 Å². The van der Waals surface area contributed by atoms with Gasteiger partial charge in [0.15, 0.2) is 0 Å². The van der Waals surface area contributed by atoms with Crippen molar-refractivity contribution in [1.29, 1.82) is 0 Å². The van der Waals surface area contributed by atoms with Crippen molar-refractivity contribution < 1.29 is 9.15 Å². The van der Waals surface area contributed by atoms with Gasteiger partial charge in [0.05, 0.1) is 0 Å². The van der Waals surface area contributed by atoms with Crippen LogP contribution in [0.4, 0.5) is 0 Å². The third kappa shape index (κ3) is 3.65. The van der Waals surface area contributed by atoms with Crippen molar-refractivity contribution >= 4 is 43.5 Å². The van der Waals surface area contributed by atoms with E-state index in [2.05, 4.69) is 158 Å². The lowest BCUT2D eigenvalue weighted by molar-refractivity contribution is 0.487. The average molecular weight is 587 g/mol. The van der Waals surface area contributed by atoms with Gasteiger partial charge in [-0.25, -0.2) is 0 Å². The van der Waals surface area contributed by atoms with Crippen LogP contribution in [-0.2, 0) is 0 Å². The Hall–Kier alpha value is -6.12. The number of hydrogen-bond donors (Lipinski definition) is 0. The smallest absolute Gasteiger partial charge is 0.136 e. The van der Waals surface area contributed by atoms with E-state index in [9.17, 15) is 0 Å². The highest BCUT2D eigenvalue weighted by molar-refractivity contribution is 6.23. The van der Waals surface area contributed by atoms with Crippen molar-refractivity contribution in [3.63, 3.8) is 0 Å². The molecular formula is C44H26O2. The highest BCUT2D eigenvalue weighted by atomic mass is 16.5. The van der Waals surface area contributed by atoms with Crippen molar-refractivity contribution in [1.82, 2.24) is 0 Å². The van der Waals surface area contributed by atoms with Crippen LogP contribution in [0.25, 0.3) is 88.0 Å². The Bertz CT molecular complexity index is 2670. The van der Waals surface area contributed by atoms with Crippen LogP contribution in [0.3, 0.4) is 0 Å². The molecule has 1 aliphatic heterocycles. The van der Waals surface area contributed by atoms with Crippen LogP contribution in [0.1, 0.15) is 0 Å². The van der Waals surface area contributed by atoms with Crippen molar-refractivity contribution in [3.05, 3.63) is 158 Å². The summed E-state index contributed by atoms with van der Waals surface area (Å²) in [5, 5.41) is 7.08. The van der Waals surface area contributed by atoms with Crippen LogP contribution in [-0.4, -0.2) is 0 Å². The van der Waals surface area contributed by atoms with E-state index in [1.165, 1.54) is 54.9 Å². The molecule has 0 N–H and O–H groups in total. The number of benzene rings is 8. The Morgan fingerprint density at radius 2 is 0.935 bits per heavy atom. The number of furan rings is 1. The molecule has 0 spiro atoms. The van der Waals surface area contributed by atoms with E-state index in [0.717, 1.165) is 44.6 Å². The topological polar surface area (TPSA) is 22.4 Å². The molecule has 10 rings (SSSR count). The quantitative estimate of drug-likeness (QED) is 0.205. The third-order valence-electron chi connectivity index (χ3n) is 9.49. The summed E-state index contributed by atoms with van der Waals surface area (Å²) in [4.78, 5) is 0. The minimum Gasteiger partial charge on any atom is -0.456 e. The molecule has 2 heterocycles. The molecule has 9 aromatic rings. The fourth-order valence-electron chi connectivity index (χ4n) is 7.47. The molecule has 0 aliphatic carbocycles. The lowest BCUT2D eigenvalue weighted by atomic mass is 9.86. The summed E-state index contributed by atoms with van der Waals surface area (Å²) in [5.41, 5.74) is 11.2. The van der Waals surface area contributed by atoms with Crippen LogP contribution >= 0.6 is 0 Å². The van der Waals surface area contributed by atoms with Gasteiger partial charge in [-0.3, -0.25) is 0 Å². The summed E-state index contributed by atoms with van der Waals surface area (Å²) in [5.74, 6) is 1.80. The maximum absolute atomic E-state index is 6.45. The van der Waals surface area contributed by atoms with Crippen LogP contribution in [0.15, 0.2) is 162 Å². The van der Waals surface area contributed by atoms with Gasteiger partial charge in [0.1, 0.15) is 22.7 Å². The number of rotatable bonds is 3. The molecule has 2 heteroatoms. The first kappa shape index (κ1) is 25.2. The fourth-order valence-corrected chi connectivity index (χ4v) is 7.47. The molecule has 8 aromatic carbocycles. The zero-order valence-electron chi connectivity index (χ0n) is 24.8. The summed E-state index contributed by atoms with van der Waals surface area (Å²) in [7, 11) is 0. The zero-order chi connectivity index (χ0) is 30.2. The van der Waals surface area contributed by atoms with Crippen LogP contribution in [0.5, 0.6) is 11.5 Å². The van der Waals surface area contributed by atoms with E-state index < -0.39 is 0 Å². The first-order valence-electron chi connectivity index (χ1n) is 15.7. The minimum absolute atomic E-state index is 0.888. The molecule has 0 atom stereocenters. The molecule has 1 aromatic heterocycles. The lowest BCUT2D eigenvalue weighted by Crippen LogP contribution is -1.97. The summed E-state index contributed by atoms with van der Waals surface area (Å²) >= 11 is 0. The maximum atomic E-state index is 6.45. The van der Waals surface area contributed by atoms with Crippen molar-refractivity contribution in [2.75, 3.05) is 0 Å². The molecular weight excluding hydrogens is 560 g/mol. The van der Waals surface area contributed by atoms with E-state index in [1.807, 2.05) is 0 Å². The zero-order valence-corrected chi connectivity index (χ0v) is 24.8. The number of ether oxygens (including phenoxy) is 1. The van der Waals surface area contributed by atoms with Gasteiger partial charge < -0.3 is 9.15 Å². The molecule has 1 aliphatic rings. The van der Waals surface area contributed by atoms with E-state index in [4.69, 9.17) is 9.15 Å². The highest BCUT2D eigenvalue weighted by Gasteiger charge is 2.22. The normalized spacial score (nSPS) is 12.1. The second-order valence-electron chi connectivity index (χ2n) is 12.0. The predicted molar refractivity (Wildman–Crippen MR) is 191 cm³/mol. The summed E-state index contributed by atoms with van der Waals surface area (Å²) in [6.45, 7) is 0. The molecule has 0 fully saturated rings. The van der Waals surface area contributed by atoms with Crippen molar-refractivity contribution in [2.24, 2.45) is 0 Å². The van der Waals surface area contributed by atoms with E-state index >= 15 is 0 Å². The lowest BCUT2D eigenvalue weighted by Gasteiger charge is -2.22. The molecule has 0 radical (unpaired) electrons. The molecule has 2 nitrogen and oxygen atoms in total. The van der Waals surface area contributed by atoms with E-state index in [1.54, 1.807) is 0 Å². The average Bonchev–Trinajstić information content (AvgIpc) is 3.52. The number of hydrogen-bond acceptors (Lipinski definition) is 2. The summed E-state index contributed by atoms with van der Waals surface area (Å²) < 4.78 is 12.9. The summed E-state index contributed by atoms with van der Waals surface area (Å²) in [6.07, 6.45) is 0. The van der Waals surface area contributed by atoms with Gasteiger partial charge in [-0.1, -0.05) is 127 Å². The fraction of sp³-hybridized carbons (Fsp3) is 0. The largest absolute Gasteiger partial charge is 0.456 e. The molecule has 0 saturated carbocycles. The van der Waals surface area contributed by atoms with Crippen LogP contribution in [0, 0.1) is 0 Å². The van der Waals surface area contributed by atoms with E-state index in [0.29, 0.717) is 0 Å². The monoisotopic (exact) mass is 586 g/mol. The Labute approximate surface area is 265 Å². The first-order chi connectivity index (χ1) is 22.8. The SMILES string of the molecule is c1ccc(-c2ccccc2-c2cccc3oc4ccc5ccccc5c4c23)c(-c2ccc3c(c2)-c2cccc4cccc(c24)O3)c1. The maximum Gasteiger partial charge on any atom is 0.136 e. The molecule has 214 valence electrons. The predicted octanol–water partition coefficient (Wildman–Crippen LogP) is 12.7. The van der Waals surface area contributed by atoms with Gasteiger partial charge in [-0.05, 0) is 85.4 Å². The molecule has 0 amide bonds. The molecule has 0 unspecified atom stereocenters. The second-order valence-corrected chi connectivity index (χ2v) is 12.0. The Morgan fingerprint density at radius 3 is 1.78 bits per heavy atom. The highest BCUT2D eigenvalue weighted by Crippen LogP contribution is 2.49. The molecule has 46 heavy (non-hydrogen) atoms. The first-order valence-corrected chi connectivity index (χ1v) is 15.7. The Kier molecular flexibility index (Phi) is 5.31. The molecule has 0 bridgehead atoms. The van der Waals surface area contributed by atoms with Gasteiger partial charge in [0, 0.05) is 21.7 Å². The number of fused-ring (bicyclic) bond motifs is 7. The van der Waals surface area contributed by atoms with Gasteiger partial charge in [-0.15, -0.1) is 0 Å². The molecule has 0 saturated heterocycles. The van der Waals surface area contributed by atoms with Crippen molar-refractivity contribution in [2.45, 2.75) is 0 Å². The van der Waals surface area contributed by atoms with E-state index in [-0.39, 0.29) is 0 Å². The van der Waals surface area contributed by atoms with Crippen LogP contribution in [0.2, 0.25) is 0 Å². The van der Waals surface area contributed by atoms with Gasteiger partial charge >= 0.3 is 0 Å². The standard InChI is InChI=1S/C44H26O2/c1-2-14-31-27(10-1)22-25-41-43(31)44-35(19-9-21-40(44)46-41)34-17-6-5-16-33(34)32-15-4-3-13-30(32)29-23-24-38-37(26-29)36-18-7-11-28-12-8-20-39(45-38)42(28)36/h1-26H. The Balaban J connectivity index is 1.19. The van der Waals surface area contributed by atoms with Gasteiger partial charge in [0.25, 0.3) is 0 Å². The Morgan fingerprint density at radius 1 is 0.326 bits per heavy atom. The summed E-state index contributed by atoms with van der Waals surface area (Å²) in [6, 6.07) is 56.1. The van der Waals surface area contributed by atoms with Crippen LogP contribution < -0.4 is 4.74 Å². The van der Waals surface area contributed by atoms with Gasteiger partial charge in [-0.2, -0.15) is 0 Å². The van der Waals surface area contributed by atoms with Crippen molar-refractivity contribution in [3.8, 4) is 56.0 Å². The third-order valence-corrected chi connectivity index (χ3v) is 9.49. The second kappa shape index (κ2) is 9.69.